The molecule has 0 fully saturated rings. The zero-order valence-electron chi connectivity index (χ0n) is 9.13. The number of phenols is 1. The Morgan fingerprint density at radius 1 is 1.41 bits per heavy atom. The lowest BCUT2D eigenvalue weighted by atomic mass is 10.0. The average molecular weight is 244 g/mol. The lowest BCUT2D eigenvalue weighted by molar-refractivity contribution is -0.159. The van der Waals surface area contributed by atoms with Crippen LogP contribution in [0.2, 0.25) is 0 Å². The summed E-state index contributed by atoms with van der Waals surface area (Å²) in [6.07, 6.45) is -3.48. The molecule has 2 unspecified atom stereocenters. The largest absolute Gasteiger partial charge is 0.508 e. The molecule has 1 aromatic rings. The van der Waals surface area contributed by atoms with E-state index in [1.54, 1.807) is 6.92 Å². The summed E-state index contributed by atoms with van der Waals surface area (Å²) in [4.78, 5) is 11.1. The number of ether oxygens (including phenoxy) is 1. The van der Waals surface area contributed by atoms with Crippen molar-refractivity contribution >= 4 is 5.97 Å². The van der Waals surface area contributed by atoms with Crippen LogP contribution in [0.4, 0.5) is 4.39 Å². The number of rotatable bonds is 4. The van der Waals surface area contributed by atoms with E-state index in [4.69, 9.17) is 5.11 Å². The van der Waals surface area contributed by atoms with E-state index in [0.29, 0.717) is 0 Å². The lowest BCUT2D eigenvalue weighted by Crippen LogP contribution is -2.29. The van der Waals surface area contributed by atoms with Gasteiger partial charge in [-0.1, -0.05) is 0 Å². The summed E-state index contributed by atoms with van der Waals surface area (Å²) in [5.41, 5.74) is -0.108. The predicted molar refractivity (Wildman–Crippen MR) is 55.7 cm³/mol. The van der Waals surface area contributed by atoms with Gasteiger partial charge in [0, 0.05) is 6.07 Å². The van der Waals surface area contributed by atoms with Gasteiger partial charge in [-0.2, -0.15) is 0 Å². The van der Waals surface area contributed by atoms with Crippen LogP contribution in [-0.2, 0) is 9.53 Å². The van der Waals surface area contributed by atoms with Crippen molar-refractivity contribution in [1.82, 2.24) is 0 Å². The van der Waals surface area contributed by atoms with Crippen molar-refractivity contribution in [2.24, 2.45) is 0 Å². The van der Waals surface area contributed by atoms with Crippen LogP contribution in [0.25, 0.3) is 0 Å². The number of aliphatic hydroxyl groups excluding tert-OH is 2. The van der Waals surface area contributed by atoms with E-state index in [2.05, 4.69) is 4.74 Å². The predicted octanol–water partition coefficient (Wildman–Crippen LogP) is 0.489. The molecular formula is C11H13FO5. The van der Waals surface area contributed by atoms with Gasteiger partial charge in [-0.05, 0) is 24.6 Å². The van der Waals surface area contributed by atoms with E-state index < -0.39 is 29.7 Å². The number of carbonyl (C=O) groups excluding carboxylic acids is 1. The first-order chi connectivity index (χ1) is 7.95. The second-order valence-corrected chi connectivity index (χ2v) is 3.38. The fraction of sp³-hybridized carbons (Fsp3) is 0.364. The van der Waals surface area contributed by atoms with Crippen LogP contribution in [-0.4, -0.2) is 34.0 Å². The van der Waals surface area contributed by atoms with Crippen LogP contribution in [0.15, 0.2) is 18.2 Å². The maximum atomic E-state index is 12.9. The molecule has 0 heterocycles. The van der Waals surface area contributed by atoms with Crippen molar-refractivity contribution in [1.29, 1.82) is 0 Å². The molecule has 0 saturated carbocycles. The molecule has 3 N–H and O–H groups in total. The van der Waals surface area contributed by atoms with E-state index in [0.717, 1.165) is 18.2 Å². The fourth-order valence-corrected chi connectivity index (χ4v) is 1.31. The summed E-state index contributed by atoms with van der Waals surface area (Å²) in [7, 11) is 0. The molecule has 5 nitrogen and oxygen atoms in total. The molecule has 6 heteroatoms. The van der Waals surface area contributed by atoms with Gasteiger partial charge < -0.3 is 20.1 Å². The summed E-state index contributed by atoms with van der Waals surface area (Å²) < 4.78 is 17.4. The van der Waals surface area contributed by atoms with Gasteiger partial charge >= 0.3 is 5.97 Å². The molecule has 0 saturated heterocycles. The van der Waals surface area contributed by atoms with Crippen molar-refractivity contribution in [3.63, 3.8) is 0 Å². The fourth-order valence-electron chi connectivity index (χ4n) is 1.31. The van der Waals surface area contributed by atoms with E-state index in [-0.39, 0.29) is 12.2 Å². The highest BCUT2D eigenvalue weighted by Crippen LogP contribution is 2.23. The average Bonchev–Trinajstić information content (AvgIpc) is 2.26. The third-order valence-corrected chi connectivity index (χ3v) is 2.07. The van der Waals surface area contributed by atoms with Gasteiger partial charge in [0.15, 0.2) is 6.10 Å². The maximum Gasteiger partial charge on any atom is 0.338 e. The third-order valence-electron chi connectivity index (χ3n) is 2.07. The second-order valence-electron chi connectivity index (χ2n) is 3.38. The first-order valence-electron chi connectivity index (χ1n) is 4.98. The zero-order valence-corrected chi connectivity index (χ0v) is 9.13. The summed E-state index contributed by atoms with van der Waals surface area (Å²) in [5.74, 6) is -2.20. The molecule has 0 spiro atoms. The van der Waals surface area contributed by atoms with Crippen LogP contribution < -0.4 is 0 Å². The van der Waals surface area contributed by atoms with Gasteiger partial charge in [0.05, 0.1) is 6.61 Å². The molecule has 0 aliphatic heterocycles. The highest BCUT2D eigenvalue weighted by atomic mass is 19.1. The smallest absolute Gasteiger partial charge is 0.338 e. The quantitative estimate of drug-likeness (QED) is 0.671. The van der Waals surface area contributed by atoms with Crippen molar-refractivity contribution < 1.29 is 29.2 Å². The minimum atomic E-state index is -1.82. The highest BCUT2D eigenvalue weighted by Gasteiger charge is 2.27. The van der Waals surface area contributed by atoms with Gasteiger partial charge in [-0.25, -0.2) is 9.18 Å². The Balaban J connectivity index is 2.87. The minimum Gasteiger partial charge on any atom is -0.508 e. The zero-order chi connectivity index (χ0) is 13.0. The van der Waals surface area contributed by atoms with E-state index in [1.807, 2.05) is 0 Å². The summed E-state index contributed by atoms with van der Waals surface area (Å²) >= 11 is 0. The Labute approximate surface area is 97.1 Å². The molecule has 0 aliphatic carbocycles. The summed E-state index contributed by atoms with van der Waals surface area (Å²) in [5, 5.41) is 28.1. The van der Waals surface area contributed by atoms with E-state index >= 15 is 0 Å². The highest BCUT2D eigenvalue weighted by molar-refractivity contribution is 5.75. The molecular weight excluding hydrogens is 231 g/mol. The Morgan fingerprint density at radius 2 is 2.06 bits per heavy atom. The summed E-state index contributed by atoms with van der Waals surface area (Å²) in [6, 6.07) is 2.80. The van der Waals surface area contributed by atoms with Gasteiger partial charge in [0.2, 0.25) is 0 Å². The molecule has 2 atom stereocenters. The Morgan fingerprint density at radius 3 is 2.59 bits per heavy atom. The SMILES string of the molecule is CCOC(=O)C(O)C(O)c1cc(O)cc(F)c1. The number of carbonyl (C=O) groups is 1. The molecule has 0 bridgehead atoms. The normalized spacial score (nSPS) is 14.1. The molecule has 0 amide bonds. The second kappa shape index (κ2) is 5.60. The Hall–Kier alpha value is -1.66. The van der Waals surface area contributed by atoms with Gasteiger partial charge in [0.1, 0.15) is 17.7 Å². The molecule has 0 radical (unpaired) electrons. The molecule has 1 rings (SSSR count). The molecule has 94 valence electrons. The monoisotopic (exact) mass is 244 g/mol. The minimum absolute atomic E-state index is 0.0526. The van der Waals surface area contributed by atoms with Gasteiger partial charge in [-0.3, -0.25) is 0 Å². The van der Waals surface area contributed by atoms with Crippen molar-refractivity contribution in [2.45, 2.75) is 19.1 Å². The van der Waals surface area contributed by atoms with Crippen molar-refractivity contribution in [3.05, 3.63) is 29.6 Å². The number of esters is 1. The van der Waals surface area contributed by atoms with Crippen molar-refractivity contribution in [2.75, 3.05) is 6.61 Å². The standard InChI is InChI=1S/C11H13FO5/c1-2-17-11(16)10(15)9(14)6-3-7(12)5-8(13)4-6/h3-5,9-10,13-15H,2H2,1H3. The molecule has 17 heavy (non-hydrogen) atoms. The molecule has 1 aromatic carbocycles. The lowest BCUT2D eigenvalue weighted by Gasteiger charge is -2.16. The van der Waals surface area contributed by atoms with Gasteiger partial charge in [-0.15, -0.1) is 0 Å². The number of halogens is 1. The Bertz CT molecular complexity index is 387. The van der Waals surface area contributed by atoms with Crippen LogP contribution in [0.1, 0.15) is 18.6 Å². The first kappa shape index (κ1) is 13.4. The van der Waals surface area contributed by atoms with Crippen LogP contribution >= 0.6 is 0 Å². The summed E-state index contributed by atoms with van der Waals surface area (Å²) in [6.45, 7) is 1.60. The van der Waals surface area contributed by atoms with E-state index in [1.165, 1.54) is 0 Å². The van der Waals surface area contributed by atoms with E-state index in [9.17, 15) is 19.4 Å². The maximum absolute atomic E-state index is 12.9. The first-order valence-corrected chi connectivity index (χ1v) is 4.98. The van der Waals surface area contributed by atoms with Crippen LogP contribution in [0.3, 0.4) is 0 Å². The number of hydrogen-bond donors (Lipinski definition) is 3. The van der Waals surface area contributed by atoms with Crippen LogP contribution in [0, 0.1) is 5.82 Å². The van der Waals surface area contributed by atoms with Gasteiger partial charge in [0.25, 0.3) is 0 Å². The number of hydrogen-bond acceptors (Lipinski definition) is 5. The third kappa shape index (κ3) is 3.40. The number of benzene rings is 1. The number of aliphatic hydroxyl groups is 2. The molecule has 0 aliphatic rings. The topological polar surface area (TPSA) is 87.0 Å². The Kier molecular flexibility index (Phi) is 4.42. The number of aromatic hydroxyl groups is 1. The van der Waals surface area contributed by atoms with Crippen molar-refractivity contribution in [3.8, 4) is 5.75 Å². The van der Waals surface area contributed by atoms with Crippen LogP contribution in [0.5, 0.6) is 5.75 Å². The molecule has 0 aromatic heterocycles. The number of phenolic OH excluding ortho intramolecular Hbond substituents is 1.